The van der Waals surface area contributed by atoms with Crippen molar-refractivity contribution in [2.24, 2.45) is 0 Å². The molecule has 0 fully saturated rings. The molecule has 78 valence electrons. The van der Waals surface area contributed by atoms with Crippen molar-refractivity contribution in [1.82, 2.24) is 9.78 Å². The highest BCUT2D eigenvalue weighted by atomic mass is 15.3. The van der Waals surface area contributed by atoms with E-state index in [1.807, 2.05) is 16.9 Å². The van der Waals surface area contributed by atoms with Crippen LogP contribution in [0.15, 0.2) is 36.5 Å². The fraction of sp³-hybridized carbons (Fsp3) is 0.308. The lowest BCUT2D eigenvalue weighted by Crippen LogP contribution is -1.98. The summed E-state index contributed by atoms with van der Waals surface area (Å²) in [6.45, 7) is 4.28. The molecule has 0 amide bonds. The van der Waals surface area contributed by atoms with Gasteiger partial charge in [0, 0.05) is 6.20 Å². The minimum absolute atomic E-state index is 1.05. The summed E-state index contributed by atoms with van der Waals surface area (Å²) in [5, 5.41) is 4.55. The highest BCUT2D eigenvalue weighted by Crippen LogP contribution is 2.13. The molecule has 0 aliphatic carbocycles. The Balaban J connectivity index is 2.33. The first-order valence-corrected chi connectivity index (χ1v) is 5.42. The Morgan fingerprint density at radius 3 is 2.73 bits per heavy atom. The van der Waals surface area contributed by atoms with E-state index in [0.29, 0.717) is 0 Å². The number of nitrogens with zero attached hydrogens (tertiary/aromatic N) is 2. The maximum atomic E-state index is 4.55. The van der Waals surface area contributed by atoms with Gasteiger partial charge in [-0.1, -0.05) is 31.5 Å². The standard InChI is InChI=1S/C13H16N2/c1-3-6-12-9-10-15(14-12)13-8-5-4-7-11(13)2/h4-5,7-10H,3,6H2,1-2H3. The largest absolute Gasteiger partial charge is 0.240 e. The van der Waals surface area contributed by atoms with Crippen LogP contribution in [0.25, 0.3) is 5.69 Å². The minimum atomic E-state index is 1.05. The third-order valence-corrected chi connectivity index (χ3v) is 2.51. The van der Waals surface area contributed by atoms with Gasteiger partial charge in [0.2, 0.25) is 0 Å². The Hall–Kier alpha value is -1.57. The zero-order valence-electron chi connectivity index (χ0n) is 9.27. The second kappa shape index (κ2) is 4.30. The van der Waals surface area contributed by atoms with Crippen molar-refractivity contribution in [2.75, 3.05) is 0 Å². The number of aromatic nitrogens is 2. The molecular weight excluding hydrogens is 184 g/mol. The maximum absolute atomic E-state index is 4.55. The summed E-state index contributed by atoms with van der Waals surface area (Å²) in [5.41, 5.74) is 3.59. The van der Waals surface area contributed by atoms with E-state index < -0.39 is 0 Å². The van der Waals surface area contributed by atoms with Crippen LogP contribution in [0.2, 0.25) is 0 Å². The molecule has 0 radical (unpaired) electrons. The molecule has 15 heavy (non-hydrogen) atoms. The van der Waals surface area contributed by atoms with E-state index in [0.717, 1.165) is 12.8 Å². The van der Waals surface area contributed by atoms with E-state index in [1.54, 1.807) is 0 Å². The van der Waals surface area contributed by atoms with Crippen LogP contribution in [0.5, 0.6) is 0 Å². The zero-order chi connectivity index (χ0) is 10.7. The Morgan fingerprint density at radius 2 is 2.00 bits per heavy atom. The number of para-hydroxylation sites is 1. The van der Waals surface area contributed by atoms with E-state index in [1.165, 1.54) is 16.9 Å². The molecule has 0 bridgehead atoms. The van der Waals surface area contributed by atoms with Crippen LogP contribution in [0.3, 0.4) is 0 Å². The minimum Gasteiger partial charge on any atom is -0.240 e. The maximum Gasteiger partial charge on any atom is 0.0674 e. The van der Waals surface area contributed by atoms with Crippen LogP contribution >= 0.6 is 0 Å². The summed E-state index contributed by atoms with van der Waals surface area (Å²) in [4.78, 5) is 0. The van der Waals surface area contributed by atoms with Gasteiger partial charge < -0.3 is 0 Å². The van der Waals surface area contributed by atoms with Gasteiger partial charge in [-0.3, -0.25) is 0 Å². The molecule has 2 nitrogen and oxygen atoms in total. The number of hydrogen-bond acceptors (Lipinski definition) is 1. The molecule has 0 N–H and O–H groups in total. The van der Waals surface area contributed by atoms with Crippen molar-refractivity contribution in [1.29, 1.82) is 0 Å². The first-order valence-electron chi connectivity index (χ1n) is 5.42. The molecule has 1 aromatic heterocycles. The number of benzene rings is 1. The van der Waals surface area contributed by atoms with Crippen molar-refractivity contribution < 1.29 is 0 Å². The summed E-state index contributed by atoms with van der Waals surface area (Å²) < 4.78 is 1.96. The van der Waals surface area contributed by atoms with Crippen molar-refractivity contribution in [3.63, 3.8) is 0 Å². The highest BCUT2D eigenvalue weighted by Gasteiger charge is 2.02. The first-order chi connectivity index (χ1) is 7.31. The molecular formula is C13H16N2. The van der Waals surface area contributed by atoms with Crippen LogP contribution in [-0.4, -0.2) is 9.78 Å². The molecule has 0 atom stereocenters. The fourth-order valence-corrected chi connectivity index (χ4v) is 1.71. The average Bonchev–Trinajstić information content (AvgIpc) is 2.68. The van der Waals surface area contributed by atoms with Gasteiger partial charge in [-0.25, -0.2) is 4.68 Å². The van der Waals surface area contributed by atoms with E-state index >= 15 is 0 Å². The molecule has 0 spiro atoms. The molecule has 1 heterocycles. The van der Waals surface area contributed by atoms with Gasteiger partial charge in [0.15, 0.2) is 0 Å². The summed E-state index contributed by atoms with van der Waals surface area (Å²) in [6.07, 6.45) is 4.23. The molecule has 2 aromatic rings. The quantitative estimate of drug-likeness (QED) is 0.744. The molecule has 2 heteroatoms. The molecule has 0 aliphatic rings. The first kappa shape index (κ1) is 9.97. The molecule has 1 aromatic carbocycles. The lowest BCUT2D eigenvalue weighted by Gasteiger charge is -2.04. The molecule has 0 unspecified atom stereocenters. The van der Waals surface area contributed by atoms with Crippen molar-refractivity contribution in [3.8, 4) is 5.69 Å². The molecule has 0 aliphatic heterocycles. The van der Waals surface area contributed by atoms with Crippen LogP contribution < -0.4 is 0 Å². The van der Waals surface area contributed by atoms with Crippen LogP contribution in [0.1, 0.15) is 24.6 Å². The average molecular weight is 200 g/mol. The zero-order valence-corrected chi connectivity index (χ0v) is 9.27. The summed E-state index contributed by atoms with van der Waals surface area (Å²) >= 11 is 0. The molecule has 0 saturated heterocycles. The summed E-state index contributed by atoms with van der Waals surface area (Å²) in [7, 11) is 0. The Morgan fingerprint density at radius 1 is 1.20 bits per heavy atom. The smallest absolute Gasteiger partial charge is 0.0674 e. The van der Waals surface area contributed by atoms with Gasteiger partial charge in [0.05, 0.1) is 11.4 Å². The predicted octanol–water partition coefficient (Wildman–Crippen LogP) is 3.13. The van der Waals surface area contributed by atoms with E-state index in [9.17, 15) is 0 Å². The van der Waals surface area contributed by atoms with E-state index in [2.05, 4.69) is 43.2 Å². The fourth-order valence-electron chi connectivity index (χ4n) is 1.71. The predicted molar refractivity (Wildman–Crippen MR) is 62.3 cm³/mol. The van der Waals surface area contributed by atoms with Gasteiger partial charge in [0.25, 0.3) is 0 Å². The van der Waals surface area contributed by atoms with Crippen LogP contribution in [-0.2, 0) is 6.42 Å². The summed E-state index contributed by atoms with van der Waals surface area (Å²) in [6, 6.07) is 10.4. The van der Waals surface area contributed by atoms with E-state index in [-0.39, 0.29) is 0 Å². The number of hydrogen-bond donors (Lipinski definition) is 0. The second-order valence-electron chi connectivity index (χ2n) is 3.79. The highest BCUT2D eigenvalue weighted by molar-refractivity contribution is 5.39. The number of aryl methyl sites for hydroxylation is 2. The third-order valence-electron chi connectivity index (χ3n) is 2.51. The second-order valence-corrected chi connectivity index (χ2v) is 3.79. The SMILES string of the molecule is CCCc1ccn(-c2ccccc2C)n1. The van der Waals surface area contributed by atoms with Gasteiger partial charge >= 0.3 is 0 Å². The van der Waals surface area contributed by atoms with Crippen LogP contribution in [0, 0.1) is 6.92 Å². The molecule has 0 saturated carbocycles. The molecule has 2 rings (SSSR count). The number of rotatable bonds is 3. The van der Waals surface area contributed by atoms with Gasteiger partial charge in [-0.2, -0.15) is 5.10 Å². The lowest BCUT2D eigenvalue weighted by molar-refractivity contribution is 0.803. The van der Waals surface area contributed by atoms with Gasteiger partial charge in [-0.15, -0.1) is 0 Å². The monoisotopic (exact) mass is 200 g/mol. The van der Waals surface area contributed by atoms with Crippen molar-refractivity contribution >= 4 is 0 Å². The Labute approximate surface area is 90.6 Å². The van der Waals surface area contributed by atoms with Crippen LogP contribution in [0.4, 0.5) is 0 Å². The summed E-state index contributed by atoms with van der Waals surface area (Å²) in [5.74, 6) is 0. The normalized spacial score (nSPS) is 10.5. The third kappa shape index (κ3) is 2.09. The van der Waals surface area contributed by atoms with Gasteiger partial charge in [0.1, 0.15) is 0 Å². The Bertz CT molecular complexity index is 443. The van der Waals surface area contributed by atoms with Gasteiger partial charge in [-0.05, 0) is 31.0 Å². The lowest BCUT2D eigenvalue weighted by atomic mass is 10.2. The topological polar surface area (TPSA) is 17.8 Å². The van der Waals surface area contributed by atoms with Crippen molar-refractivity contribution in [2.45, 2.75) is 26.7 Å². The van der Waals surface area contributed by atoms with E-state index in [4.69, 9.17) is 0 Å². The Kier molecular flexibility index (Phi) is 2.86. The van der Waals surface area contributed by atoms with Crippen molar-refractivity contribution in [3.05, 3.63) is 47.8 Å².